The fourth-order valence-corrected chi connectivity index (χ4v) is 3.66. The standard InChI is InChI=1S/C14H19N3O4/c1-7(18)11-10-3-9(8-4-16(5-8)6-15-2)12(14(20)21)17(10)13(11)19/h6-8,10-11,18H,3-5H2,1-2H3,(H,20,21)/b15-6+/t7-,10-,11-/m1/s1. The molecule has 7 heteroatoms. The average molecular weight is 293 g/mol. The molecule has 21 heavy (non-hydrogen) atoms. The number of carboxylic acid groups (broad SMARTS) is 1. The van der Waals surface area contributed by atoms with E-state index < -0.39 is 18.0 Å². The number of aliphatic carboxylic acids is 1. The van der Waals surface area contributed by atoms with Gasteiger partial charge in [0.05, 0.1) is 24.4 Å². The predicted octanol–water partition coefficient (Wildman–Crippen LogP) is -0.473. The summed E-state index contributed by atoms with van der Waals surface area (Å²) >= 11 is 0. The van der Waals surface area contributed by atoms with Gasteiger partial charge in [-0.1, -0.05) is 0 Å². The summed E-state index contributed by atoms with van der Waals surface area (Å²) in [6, 6.07) is -0.188. The molecular formula is C14H19N3O4. The first kappa shape index (κ1) is 14.1. The summed E-state index contributed by atoms with van der Waals surface area (Å²) in [6.07, 6.45) is 1.56. The molecule has 0 radical (unpaired) electrons. The van der Waals surface area contributed by atoms with Gasteiger partial charge in [0.15, 0.2) is 0 Å². The third-order valence-corrected chi connectivity index (χ3v) is 4.65. The highest BCUT2D eigenvalue weighted by Gasteiger charge is 2.57. The Morgan fingerprint density at radius 1 is 1.48 bits per heavy atom. The van der Waals surface area contributed by atoms with Crippen molar-refractivity contribution < 1.29 is 19.8 Å². The van der Waals surface area contributed by atoms with E-state index in [0.29, 0.717) is 6.42 Å². The molecule has 2 saturated heterocycles. The van der Waals surface area contributed by atoms with Crippen LogP contribution >= 0.6 is 0 Å². The van der Waals surface area contributed by atoms with E-state index >= 15 is 0 Å². The summed E-state index contributed by atoms with van der Waals surface area (Å²) in [5.74, 6) is -1.63. The molecule has 1 amide bonds. The number of amides is 1. The number of likely N-dealkylation sites (tertiary alicyclic amines) is 1. The van der Waals surface area contributed by atoms with Crippen molar-refractivity contribution >= 4 is 18.2 Å². The second kappa shape index (κ2) is 4.84. The topological polar surface area (TPSA) is 93.4 Å². The lowest BCUT2D eigenvalue weighted by atomic mass is 9.81. The van der Waals surface area contributed by atoms with E-state index in [1.807, 2.05) is 4.90 Å². The summed E-state index contributed by atoms with van der Waals surface area (Å²) in [7, 11) is 1.70. The molecule has 0 aromatic rings. The van der Waals surface area contributed by atoms with Gasteiger partial charge in [-0.2, -0.15) is 0 Å². The van der Waals surface area contributed by atoms with Gasteiger partial charge in [0, 0.05) is 26.1 Å². The number of fused-ring (bicyclic) bond motifs is 1. The van der Waals surface area contributed by atoms with E-state index in [9.17, 15) is 19.8 Å². The second-order valence-electron chi connectivity index (χ2n) is 5.95. The minimum absolute atomic E-state index is 0.139. The Morgan fingerprint density at radius 3 is 2.67 bits per heavy atom. The SMILES string of the molecule is C/N=C/N1CC(C2=C(C(=O)O)N3C(=O)[C@H]([C@@H](C)O)[C@H]3C2)C1. The van der Waals surface area contributed by atoms with Gasteiger partial charge in [-0.3, -0.25) is 9.79 Å². The first-order chi connectivity index (χ1) is 9.95. The van der Waals surface area contributed by atoms with Crippen molar-refractivity contribution in [2.75, 3.05) is 20.1 Å². The number of rotatable bonds is 4. The summed E-state index contributed by atoms with van der Waals surface area (Å²) in [5.41, 5.74) is 0.977. The number of carbonyl (C=O) groups is 2. The molecule has 114 valence electrons. The minimum atomic E-state index is -1.05. The Hall–Kier alpha value is -1.89. The maximum Gasteiger partial charge on any atom is 0.352 e. The molecule has 3 atom stereocenters. The molecule has 0 spiro atoms. The van der Waals surface area contributed by atoms with Gasteiger partial charge >= 0.3 is 5.97 Å². The second-order valence-corrected chi connectivity index (χ2v) is 5.95. The maximum absolute atomic E-state index is 12.1. The molecule has 3 rings (SSSR count). The normalized spacial score (nSPS) is 30.5. The molecule has 3 heterocycles. The fraction of sp³-hybridized carbons (Fsp3) is 0.643. The van der Waals surface area contributed by atoms with Crippen LogP contribution in [0.1, 0.15) is 13.3 Å². The molecular weight excluding hydrogens is 274 g/mol. The van der Waals surface area contributed by atoms with E-state index in [1.54, 1.807) is 20.3 Å². The van der Waals surface area contributed by atoms with Crippen LogP contribution in [0.5, 0.6) is 0 Å². The number of hydrogen-bond acceptors (Lipinski definition) is 4. The number of nitrogens with zero attached hydrogens (tertiary/aromatic N) is 3. The zero-order valence-corrected chi connectivity index (χ0v) is 12.1. The lowest BCUT2D eigenvalue weighted by molar-refractivity contribution is -0.161. The molecule has 0 aromatic carbocycles. The molecule has 0 saturated carbocycles. The van der Waals surface area contributed by atoms with Crippen LogP contribution in [-0.2, 0) is 9.59 Å². The van der Waals surface area contributed by atoms with Crippen molar-refractivity contribution in [1.29, 1.82) is 0 Å². The molecule has 0 aliphatic carbocycles. The minimum Gasteiger partial charge on any atom is -0.477 e. The van der Waals surface area contributed by atoms with Gasteiger partial charge in [-0.15, -0.1) is 0 Å². The molecule has 0 bridgehead atoms. The van der Waals surface area contributed by atoms with Crippen LogP contribution in [0.25, 0.3) is 0 Å². The number of carbonyl (C=O) groups excluding carboxylic acids is 1. The van der Waals surface area contributed by atoms with Crippen LogP contribution in [0, 0.1) is 11.8 Å². The van der Waals surface area contributed by atoms with Crippen LogP contribution < -0.4 is 0 Å². The zero-order chi connectivity index (χ0) is 15.3. The highest BCUT2D eigenvalue weighted by atomic mass is 16.4. The van der Waals surface area contributed by atoms with Gasteiger partial charge in [0.2, 0.25) is 5.91 Å². The van der Waals surface area contributed by atoms with Gasteiger partial charge in [-0.25, -0.2) is 4.79 Å². The van der Waals surface area contributed by atoms with Gasteiger partial charge < -0.3 is 20.0 Å². The van der Waals surface area contributed by atoms with E-state index in [-0.39, 0.29) is 23.6 Å². The average Bonchev–Trinajstić information content (AvgIpc) is 2.67. The number of aliphatic imine (C=N–C) groups is 1. The maximum atomic E-state index is 12.1. The summed E-state index contributed by atoms with van der Waals surface area (Å²) in [6.45, 7) is 3.05. The number of hydrogen-bond donors (Lipinski definition) is 2. The van der Waals surface area contributed by atoms with Gasteiger partial charge in [-0.05, 0) is 18.9 Å². The van der Waals surface area contributed by atoms with Crippen LogP contribution in [0.4, 0.5) is 0 Å². The number of carboxylic acids is 1. The highest BCUT2D eigenvalue weighted by Crippen LogP contribution is 2.46. The molecule has 3 aliphatic rings. The van der Waals surface area contributed by atoms with Crippen molar-refractivity contribution in [2.45, 2.75) is 25.5 Å². The molecule has 0 unspecified atom stereocenters. The van der Waals surface area contributed by atoms with E-state index in [2.05, 4.69) is 4.99 Å². The predicted molar refractivity (Wildman–Crippen MR) is 74.6 cm³/mol. The number of aliphatic hydroxyl groups is 1. The Labute approximate surface area is 122 Å². The first-order valence-electron chi connectivity index (χ1n) is 7.09. The lowest BCUT2D eigenvalue weighted by Gasteiger charge is -2.44. The summed E-state index contributed by atoms with van der Waals surface area (Å²) < 4.78 is 0. The summed E-state index contributed by atoms with van der Waals surface area (Å²) in [4.78, 5) is 30.9. The van der Waals surface area contributed by atoms with Crippen LogP contribution in [-0.4, -0.2) is 70.5 Å². The van der Waals surface area contributed by atoms with Crippen LogP contribution in [0.15, 0.2) is 16.3 Å². The van der Waals surface area contributed by atoms with Crippen molar-refractivity contribution in [2.24, 2.45) is 16.8 Å². The quantitative estimate of drug-likeness (QED) is 0.415. The Balaban J connectivity index is 1.81. The van der Waals surface area contributed by atoms with E-state index in [1.165, 1.54) is 4.90 Å². The molecule has 2 N–H and O–H groups in total. The van der Waals surface area contributed by atoms with Crippen molar-refractivity contribution in [3.05, 3.63) is 11.3 Å². The molecule has 2 fully saturated rings. The largest absolute Gasteiger partial charge is 0.477 e. The Morgan fingerprint density at radius 2 is 2.14 bits per heavy atom. The third-order valence-electron chi connectivity index (χ3n) is 4.65. The van der Waals surface area contributed by atoms with E-state index in [4.69, 9.17) is 0 Å². The Kier molecular flexibility index (Phi) is 3.24. The van der Waals surface area contributed by atoms with Crippen LogP contribution in [0.3, 0.4) is 0 Å². The Bertz CT molecular complexity index is 548. The zero-order valence-electron chi connectivity index (χ0n) is 12.1. The summed E-state index contributed by atoms with van der Waals surface area (Å²) in [5, 5.41) is 19.1. The van der Waals surface area contributed by atoms with Crippen molar-refractivity contribution in [3.63, 3.8) is 0 Å². The number of β-lactam (4-membered cyclic amide) rings is 1. The molecule has 0 aromatic heterocycles. The third kappa shape index (κ3) is 1.95. The molecule has 7 nitrogen and oxygen atoms in total. The van der Waals surface area contributed by atoms with Crippen molar-refractivity contribution in [3.8, 4) is 0 Å². The van der Waals surface area contributed by atoms with Gasteiger partial charge in [0.25, 0.3) is 0 Å². The monoisotopic (exact) mass is 293 g/mol. The first-order valence-corrected chi connectivity index (χ1v) is 7.09. The fourth-order valence-electron chi connectivity index (χ4n) is 3.66. The van der Waals surface area contributed by atoms with Crippen LogP contribution in [0.2, 0.25) is 0 Å². The smallest absolute Gasteiger partial charge is 0.352 e. The van der Waals surface area contributed by atoms with Gasteiger partial charge in [0.1, 0.15) is 5.70 Å². The molecule has 3 aliphatic heterocycles. The highest BCUT2D eigenvalue weighted by molar-refractivity contribution is 5.99. The number of aliphatic hydroxyl groups excluding tert-OH is 1. The lowest BCUT2D eigenvalue weighted by Crippen LogP contribution is -2.61. The van der Waals surface area contributed by atoms with Crippen molar-refractivity contribution in [1.82, 2.24) is 9.80 Å². The van der Waals surface area contributed by atoms with E-state index in [0.717, 1.165) is 18.7 Å².